The minimum absolute atomic E-state index is 0.119. The van der Waals surface area contributed by atoms with Gasteiger partial charge in [0.25, 0.3) is 5.91 Å². The number of halogens is 1. The lowest BCUT2D eigenvalue weighted by Crippen LogP contribution is -2.30. The number of nitrogens with one attached hydrogen (secondary N) is 2. The third-order valence-corrected chi connectivity index (χ3v) is 5.05. The second-order valence-electron chi connectivity index (χ2n) is 7.50. The highest BCUT2D eigenvalue weighted by atomic mass is 19.1. The van der Waals surface area contributed by atoms with E-state index in [1.54, 1.807) is 21.0 Å². The van der Waals surface area contributed by atoms with Crippen LogP contribution < -0.4 is 10.6 Å². The average Bonchev–Trinajstić information content (AvgIpc) is 3.09. The summed E-state index contributed by atoms with van der Waals surface area (Å²) < 4.78 is 19.8. The molecule has 2 aliphatic carbocycles. The molecule has 0 aromatic rings. The van der Waals surface area contributed by atoms with Gasteiger partial charge in [-0.1, -0.05) is 25.2 Å². The van der Waals surface area contributed by atoms with Gasteiger partial charge in [0.05, 0.1) is 13.2 Å². The molecule has 144 valence electrons. The molecule has 3 aliphatic rings. The molecule has 0 fully saturated rings. The van der Waals surface area contributed by atoms with Crippen molar-refractivity contribution in [2.24, 2.45) is 11.8 Å². The maximum absolute atomic E-state index is 14.3. The average molecular weight is 370 g/mol. The van der Waals surface area contributed by atoms with Crippen molar-refractivity contribution in [2.75, 3.05) is 7.11 Å². The molecule has 0 radical (unpaired) electrons. The standard InChI is InChI=1S/C22H27FN2O2/c1-13(2)25-22(26)19(23)11-17-9-14(3)18(12-21(17)27-4)15-5-6-20-16(10-15)7-8-24-20/h5,7-14,18,20,24H,6H2,1-4H3,(H,25,26)/b19-11+. The Bertz CT molecular complexity index is 799. The quantitative estimate of drug-likeness (QED) is 0.723. The van der Waals surface area contributed by atoms with E-state index in [0.717, 1.165) is 6.42 Å². The number of allylic oxidation sites excluding steroid dienone is 5. The van der Waals surface area contributed by atoms with Crippen molar-refractivity contribution in [1.29, 1.82) is 0 Å². The molecular weight excluding hydrogens is 343 g/mol. The van der Waals surface area contributed by atoms with Crippen LogP contribution in [0.2, 0.25) is 0 Å². The highest BCUT2D eigenvalue weighted by Gasteiger charge is 2.28. The summed E-state index contributed by atoms with van der Waals surface area (Å²) in [6, 6.07) is 0.257. The summed E-state index contributed by atoms with van der Waals surface area (Å²) >= 11 is 0. The summed E-state index contributed by atoms with van der Waals surface area (Å²) in [6.45, 7) is 5.69. The SMILES string of the molecule is COC1=CC(C2=CCC3NC=CC3=C2)C(C)C=C1/C=C(/F)C(=O)NC(C)C. The third kappa shape index (κ3) is 4.24. The van der Waals surface area contributed by atoms with Gasteiger partial charge in [-0.2, -0.15) is 0 Å². The van der Waals surface area contributed by atoms with E-state index in [1.807, 2.05) is 18.4 Å². The van der Waals surface area contributed by atoms with Crippen molar-refractivity contribution in [3.8, 4) is 0 Å². The van der Waals surface area contributed by atoms with Crippen molar-refractivity contribution in [1.82, 2.24) is 10.6 Å². The van der Waals surface area contributed by atoms with Crippen molar-refractivity contribution in [2.45, 2.75) is 39.3 Å². The van der Waals surface area contributed by atoms with Gasteiger partial charge in [0.1, 0.15) is 5.76 Å². The Labute approximate surface area is 160 Å². The summed E-state index contributed by atoms with van der Waals surface area (Å²) in [6.07, 6.45) is 14.8. The van der Waals surface area contributed by atoms with Crippen LogP contribution in [0.3, 0.4) is 0 Å². The maximum Gasteiger partial charge on any atom is 0.280 e. The summed E-state index contributed by atoms with van der Waals surface area (Å²) in [5, 5.41) is 5.89. The first kappa shape index (κ1) is 19.2. The minimum atomic E-state index is -0.812. The van der Waals surface area contributed by atoms with Gasteiger partial charge in [-0.25, -0.2) is 4.39 Å². The molecule has 1 amide bonds. The summed E-state index contributed by atoms with van der Waals surface area (Å²) in [5.74, 6) is -0.608. The fraction of sp³-hybridized carbons (Fsp3) is 0.409. The van der Waals surface area contributed by atoms with Crippen LogP contribution in [0, 0.1) is 11.8 Å². The molecule has 27 heavy (non-hydrogen) atoms. The lowest BCUT2D eigenvalue weighted by Gasteiger charge is -2.29. The van der Waals surface area contributed by atoms with Gasteiger partial charge in [0.15, 0.2) is 5.83 Å². The van der Waals surface area contributed by atoms with Gasteiger partial charge in [0.2, 0.25) is 0 Å². The second kappa shape index (κ2) is 7.99. The zero-order valence-electron chi connectivity index (χ0n) is 16.3. The Morgan fingerprint density at radius 2 is 2.15 bits per heavy atom. The molecule has 3 atom stereocenters. The van der Waals surface area contributed by atoms with E-state index in [1.165, 1.54) is 17.2 Å². The Hall–Kier alpha value is -2.56. The number of hydrogen-bond donors (Lipinski definition) is 2. The van der Waals surface area contributed by atoms with Crippen LogP contribution in [0.25, 0.3) is 0 Å². The number of carbonyl (C=O) groups excluding carboxylic acids is 1. The van der Waals surface area contributed by atoms with Crippen molar-refractivity contribution in [3.63, 3.8) is 0 Å². The van der Waals surface area contributed by atoms with E-state index >= 15 is 0 Å². The molecule has 0 spiro atoms. The van der Waals surface area contributed by atoms with E-state index in [2.05, 4.69) is 35.8 Å². The van der Waals surface area contributed by atoms with Gasteiger partial charge >= 0.3 is 0 Å². The zero-order valence-corrected chi connectivity index (χ0v) is 16.3. The predicted molar refractivity (Wildman–Crippen MR) is 105 cm³/mol. The van der Waals surface area contributed by atoms with Crippen molar-refractivity contribution < 1.29 is 13.9 Å². The molecule has 2 N–H and O–H groups in total. The van der Waals surface area contributed by atoms with Gasteiger partial charge in [-0.3, -0.25) is 4.79 Å². The molecular formula is C22H27FN2O2. The second-order valence-corrected chi connectivity index (χ2v) is 7.50. The summed E-state index contributed by atoms with van der Waals surface area (Å²) in [5.41, 5.74) is 3.13. The first-order valence-corrected chi connectivity index (χ1v) is 9.39. The largest absolute Gasteiger partial charge is 0.496 e. The molecule has 3 unspecified atom stereocenters. The molecule has 5 heteroatoms. The lowest BCUT2D eigenvalue weighted by atomic mass is 9.78. The van der Waals surface area contributed by atoms with E-state index in [9.17, 15) is 9.18 Å². The minimum Gasteiger partial charge on any atom is -0.496 e. The molecule has 1 heterocycles. The monoisotopic (exact) mass is 370 g/mol. The molecule has 4 nitrogen and oxygen atoms in total. The van der Waals surface area contributed by atoms with Crippen LogP contribution in [0.5, 0.6) is 0 Å². The summed E-state index contributed by atoms with van der Waals surface area (Å²) in [7, 11) is 1.57. The third-order valence-electron chi connectivity index (χ3n) is 5.05. The van der Waals surface area contributed by atoms with E-state index in [4.69, 9.17) is 4.74 Å². The highest BCUT2D eigenvalue weighted by molar-refractivity contribution is 5.92. The van der Waals surface area contributed by atoms with Gasteiger partial charge in [-0.05, 0) is 61.8 Å². The smallest absolute Gasteiger partial charge is 0.280 e. The van der Waals surface area contributed by atoms with E-state index < -0.39 is 11.7 Å². The van der Waals surface area contributed by atoms with Gasteiger partial charge < -0.3 is 15.4 Å². The number of hydrogen-bond acceptors (Lipinski definition) is 3. The number of fused-ring (bicyclic) bond motifs is 1. The summed E-state index contributed by atoms with van der Waals surface area (Å²) in [4.78, 5) is 11.9. The fourth-order valence-electron chi connectivity index (χ4n) is 3.68. The number of ether oxygens (including phenoxy) is 1. The van der Waals surface area contributed by atoms with Crippen LogP contribution in [-0.2, 0) is 9.53 Å². The highest BCUT2D eigenvalue weighted by Crippen LogP contribution is 2.37. The molecule has 3 rings (SSSR count). The first-order valence-electron chi connectivity index (χ1n) is 9.39. The molecule has 1 aliphatic heterocycles. The number of carbonyl (C=O) groups is 1. The van der Waals surface area contributed by atoms with Crippen LogP contribution in [0.4, 0.5) is 4.39 Å². The van der Waals surface area contributed by atoms with Crippen molar-refractivity contribution in [3.05, 3.63) is 71.0 Å². The zero-order chi connectivity index (χ0) is 19.6. The molecule has 0 aromatic heterocycles. The predicted octanol–water partition coefficient (Wildman–Crippen LogP) is 3.83. The molecule has 0 aromatic carbocycles. The van der Waals surface area contributed by atoms with Gasteiger partial charge in [0, 0.05) is 17.5 Å². The Morgan fingerprint density at radius 1 is 1.37 bits per heavy atom. The fourth-order valence-corrected chi connectivity index (χ4v) is 3.68. The lowest BCUT2D eigenvalue weighted by molar-refractivity contribution is -0.119. The van der Waals surface area contributed by atoms with Crippen molar-refractivity contribution >= 4 is 5.91 Å². The Balaban J connectivity index is 1.82. The van der Waals surface area contributed by atoms with Crippen LogP contribution in [0.1, 0.15) is 27.2 Å². The molecule has 0 saturated carbocycles. The normalized spacial score (nSPS) is 27.2. The van der Waals surface area contributed by atoms with E-state index in [-0.39, 0.29) is 17.9 Å². The maximum atomic E-state index is 14.3. The molecule has 0 bridgehead atoms. The Morgan fingerprint density at radius 3 is 2.85 bits per heavy atom. The number of methoxy groups -OCH3 is 1. The number of amides is 1. The van der Waals surface area contributed by atoms with Crippen LogP contribution in [0.15, 0.2) is 71.0 Å². The topological polar surface area (TPSA) is 50.4 Å². The van der Waals surface area contributed by atoms with Crippen LogP contribution >= 0.6 is 0 Å². The Kier molecular flexibility index (Phi) is 5.68. The van der Waals surface area contributed by atoms with E-state index in [0.29, 0.717) is 17.4 Å². The first-order chi connectivity index (χ1) is 12.9. The van der Waals surface area contributed by atoms with Crippen LogP contribution in [-0.4, -0.2) is 25.1 Å². The molecule has 0 saturated heterocycles. The number of rotatable bonds is 5. The van der Waals surface area contributed by atoms with Gasteiger partial charge in [-0.15, -0.1) is 0 Å².